The second-order valence-electron chi connectivity index (χ2n) is 9.03. The van der Waals surface area contributed by atoms with Crippen LogP contribution in [0.5, 0.6) is 5.88 Å². The lowest BCUT2D eigenvalue weighted by Crippen LogP contribution is -2.35. The molecule has 1 fully saturated rings. The molecule has 0 bridgehead atoms. The van der Waals surface area contributed by atoms with Crippen LogP contribution in [0.15, 0.2) is 65.6 Å². The third-order valence-electron chi connectivity index (χ3n) is 6.44. The number of anilines is 2. The largest absolute Gasteiger partial charge is 0.474 e. The summed E-state index contributed by atoms with van der Waals surface area (Å²) >= 11 is 1.59. The second kappa shape index (κ2) is 9.75. The maximum absolute atomic E-state index is 13.3. The Bertz CT molecular complexity index is 1650. The van der Waals surface area contributed by atoms with Gasteiger partial charge in [-0.1, -0.05) is 12.1 Å². The summed E-state index contributed by atoms with van der Waals surface area (Å²) in [7, 11) is 2.12. The molecular weight excluding hydrogens is 488 g/mol. The van der Waals surface area contributed by atoms with Crippen LogP contribution in [-0.4, -0.2) is 60.4 Å². The van der Waals surface area contributed by atoms with Crippen molar-refractivity contribution < 1.29 is 4.74 Å². The number of nitrogens with zero attached hydrogens (tertiary/aromatic N) is 7. The fourth-order valence-corrected chi connectivity index (χ4v) is 5.19. The second-order valence-corrected chi connectivity index (χ2v) is 9.92. The molecule has 0 amide bonds. The van der Waals surface area contributed by atoms with E-state index >= 15 is 0 Å². The average Bonchev–Trinajstić information content (AvgIpc) is 3.48. The Hall–Kier alpha value is -4.09. The van der Waals surface area contributed by atoms with Crippen molar-refractivity contribution in [2.24, 2.45) is 0 Å². The first-order valence-corrected chi connectivity index (χ1v) is 13.0. The lowest BCUT2D eigenvalue weighted by Gasteiger charge is -2.29. The highest BCUT2D eigenvalue weighted by atomic mass is 32.1. The minimum atomic E-state index is -0.214. The highest BCUT2D eigenvalue weighted by molar-refractivity contribution is 7.16. The first-order valence-electron chi connectivity index (χ1n) is 12.1. The van der Waals surface area contributed by atoms with Crippen LogP contribution >= 0.6 is 11.3 Å². The Labute approximate surface area is 216 Å². The molecule has 5 heterocycles. The van der Waals surface area contributed by atoms with Crippen molar-refractivity contribution in [3.8, 4) is 11.7 Å². The Morgan fingerprint density at radius 2 is 2.05 bits per heavy atom. The zero-order valence-electron chi connectivity index (χ0n) is 20.4. The van der Waals surface area contributed by atoms with Crippen molar-refractivity contribution in [3.05, 3.63) is 71.1 Å². The quantitative estimate of drug-likeness (QED) is 0.325. The topological polar surface area (TPSA) is 103 Å². The Morgan fingerprint density at radius 3 is 2.89 bits per heavy atom. The fourth-order valence-electron chi connectivity index (χ4n) is 4.53. The number of pyridine rings is 1. The maximum atomic E-state index is 13.3. The van der Waals surface area contributed by atoms with Gasteiger partial charge in [0.15, 0.2) is 11.5 Å². The number of allylic oxidation sites excluding steroid dienone is 1. The lowest BCUT2D eigenvalue weighted by atomic mass is 10.1. The summed E-state index contributed by atoms with van der Waals surface area (Å²) in [6.45, 7) is 6.10. The first kappa shape index (κ1) is 23.3. The van der Waals surface area contributed by atoms with Crippen molar-refractivity contribution in [1.29, 1.82) is 0 Å². The lowest BCUT2D eigenvalue weighted by molar-refractivity contribution is 0.110. The van der Waals surface area contributed by atoms with Gasteiger partial charge in [-0.3, -0.25) is 4.79 Å². The SMILES string of the molecule is C=CCn1c(=O)c2cnc(Nc3ccc4scnc4c3)nc2n1-c1cccc(OC2CCN(C)CC2)n1. The van der Waals surface area contributed by atoms with Crippen LogP contribution in [0.1, 0.15) is 12.8 Å². The van der Waals surface area contributed by atoms with Gasteiger partial charge in [-0.25, -0.2) is 19.3 Å². The Kier molecular flexibility index (Phi) is 6.15. The number of aromatic nitrogens is 6. The summed E-state index contributed by atoms with van der Waals surface area (Å²) in [5, 5.41) is 3.63. The Morgan fingerprint density at radius 1 is 1.19 bits per heavy atom. The molecule has 5 aromatic rings. The summed E-state index contributed by atoms with van der Waals surface area (Å²) in [5.74, 6) is 1.42. The molecule has 0 atom stereocenters. The molecule has 1 aromatic carbocycles. The van der Waals surface area contributed by atoms with Crippen LogP contribution in [0.4, 0.5) is 11.6 Å². The average molecular weight is 515 g/mol. The molecule has 0 saturated carbocycles. The van der Waals surface area contributed by atoms with Crippen molar-refractivity contribution in [2.45, 2.75) is 25.5 Å². The van der Waals surface area contributed by atoms with Crippen molar-refractivity contribution >= 4 is 44.2 Å². The van der Waals surface area contributed by atoms with E-state index in [-0.39, 0.29) is 11.7 Å². The minimum absolute atomic E-state index is 0.115. The zero-order valence-corrected chi connectivity index (χ0v) is 21.2. The van der Waals surface area contributed by atoms with Gasteiger partial charge in [0.1, 0.15) is 11.5 Å². The molecule has 0 spiro atoms. The molecule has 1 saturated heterocycles. The molecule has 188 valence electrons. The van der Waals surface area contributed by atoms with Crippen molar-refractivity contribution in [3.63, 3.8) is 0 Å². The third-order valence-corrected chi connectivity index (χ3v) is 7.25. The minimum Gasteiger partial charge on any atom is -0.474 e. The van der Waals surface area contributed by atoms with E-state index in [1.807, 2.05) is 41.9 Å². The molecule has 1 N–H and O–H groups in total. The van der Waals surface area contributed by atoms with Crippen LogP contribution in [0.2, 0.25) is 0 Å². The van der Waals surface area contributed by atoms with Crippen LogP contribution in [0, 0.1) is 0 Å². The van der Waals surface area contributed by atoms with Gasteiger partial charge in [-0.2, -0.15) is 9.97 Å². The smallest absolute Gasteiger partial charge is 0.278 e. The van der Waals surface area contributed by atoms with Crippen LogP contribution in [0.25, 0.3) is 27.1 Å². The maximum Gasteiger partial charge on any atom is 0.278 e. The van der Waals surface area contributed by atoms with Gasteiger partial charge in [0.05, 0.1) is 22.3 Å². The number of likely N-dealkylation sites (tertiary alicyclic amines) is 1. The first-order chi connectivity index (χ1) is 18.1. The summed E-state index contributed by atoms with van der Waals surface area (Å²) in [4.78, 5) is 33.8. The van der Waals surface area contributed by atoms with Gasteiger partial charge in [-0.05, 0) is 44.2 Å². The van der Waals surface area contributed by atoms with E-state index in [1.54, 1.807) is 33.0 Å². The molecule has 37 heavy (non-hydrogen) atoms. The number of hydrogen-bond acceptors (Lipinski definition) is 9. The van der Waals surface area contributed by atoms with Gasteiger partial charge in [0.2, 0.25) is 11.8 Å². The van der Waals surface area contributed by atoms with E-state index < -0.39 is 0 Å². The van der Waals surface area contributed by atoms with Crippen molar-refractivity contribution in [1.82, 2.24) is 34.2 Å². The molecule has 0 aliphatic carbocycles. The molecule has 10 nitrogen and oxygen atoms in total. The number of piperidine rings is 1. The van der Waals surface area contributed by atoms with Crippen molar-refractivity contribution in [2.75, 3.05) is 25.5 Å². The van der Waals surface area contributed by atoms with Crippen LogP contribution in [0.3, 0.4) is 0 Å². The molecule has 11 heteroatoms. The molecule has 4 aromatic heterocycles. The molecular formula is C26H26N8O2S. The standard InChI is InChI=1S/C26H26N8O2S/c1-3-11-33-25(35)19-15-27-26(29-17-7-8-21-20(14-17)28-16-37-21)31-24(19)34(33)22-5-4-6-23(30-22)36-18-9-12-32(2)13-10-18/h3-8,14-16,18H,1,9-13H2,2H3,(H,27,29,31). The normalized spacial score (nSPS) is 14.8. The van der Waals surface area contributed by atoms with Crippen LogP contribution in [-0.2, 0) is 6.54 Å². The number of thiazole rings is 1. The summed E-state index contributed by atoms with van der Waals surface area (Å²) < 4.78 is 10.6. The third kappa shape index (κ3) is 4.58. The number of nitrogens with one attached hydrogen (secondary N) is 1. The number of benzene rings is 1. The number of ether oxygens (including phenoxy) is 1. The number of fused-ring (bicyclic) bond motifs is 2. The Balaban J connectivity index is 1.38. The zero-order chi connectivity index (χ0) is 25.4. The molecule has 0 unspecified atom stereocenters. The van der Waals surface area contributed by atoms with Gasteiger partial charge in [0.25, 0.3) is 5.56 Å². The fraction of sp³-hybridized carbons (Fsp3) is 0.269. The predicted octanol–water partition coefficient (Wildman–Crippen LogP) is 3.99. The van der Waals surface area contributed by atoms with Crippen LogP contribution < -0.4 is 15.6 Å². The van der Waals surface area contributed by atoms with Gasteiger partial charge in [0, 0.05) is 31.0 Å². The highest BCUT2D eigenvalue weighted by Gasteiger charge is 2.21. The van der Waals surface area contributed by atoms with E-state index in [1.165, 1.54) is 0 Å². The van der Waals surface area contributed by atoms with E-state index in [4.69, 9.17) is 14.7 Å². The molecule has 0 radical (unpaired) electrons. The summed E-state index contributed by atoms with van der Waals surface area (Å²) in [6.07, 6.45) is 5.23. The van der Waals surface area contributed by atoms with Gasteiger partial charge >= 0.3 is 0 Å². The number of rotatable bonds is 7. The number of hydrogen-bond donors (Lipinski definition) is 1. The molecule has 6 rings (SSSR count). The summed E-state index contributed by atoms with van der Waals surface area (Å²) in [5.41, 5.74) is 3.76. The summed E-state index contributed by atoms with van der Waals surface area (Å²) in [6, 6.07) is 11.5. The molecule has 1 aliphatic rings. The predicted molar refractivity (Wildman–Crippen MR) is 145 cm³/mol. The monoisotopic (exact) mass is 514 g/mol. The van der Waals surface area contributed by atoms with E-state index in [0.717, 1.165) is 41.8 Å². The van der Waals surface area contributed by atoms with Gasteiger partial charge in [-0.15, -0.1) is 17.9 Å². The van der Waals surface area contributed by atoms with Gasteiger partial charge < -0.3 is 15.0 Å². The highest BCUT2D eigenvalue weighted by Crippen LogP contribution is 2.24. The van der Waals surface area contributed by atoms with E-state index in [0.29, 0.717) is 35.2 Å². The molecule has 1 aliphatic heterocycles. The van der Waals surface area contributed by atoms with E-state index in [2.05, 4.69) is 33.8 Å². The van der Waals surface area contributed by atoms with E-state index in [9.17, 15) is 4.79 Å².